The fourth-order valence-electron chi connectivity index (χ4n) is 3.67. The van der Waals surface area contributed by atoms with Gasteiger partial charge in [-0.05, 0) is 30.7 Å². The lowest BCUT2D eigenvalue weighted by atomic mass is 10.1. The van der Waals surface area contributed by atoms with Crippen LogP contribution < -0.4 is 4.90 Å². The number of nitrogens with zero attached hydrogens (tertiary/aromatic N) is 2. The monoisotopic (exact) mass is 388 g/mol. The summed E-state index contributed by atoms with van der Waals surface area (Å²) in [4.78, 5) is 1.44. The number of nitrogens with one attached hydrogen (secondary N) is 1. The Bertz CT molecular complexity index is 937. The second-order valence-electron chi connectivity index (χ2n) is 7.58. The number of methoxy groups -OCH3 is 1. The van der Waals surface area contributed by atoms with Gasteiger partial charge in [-0.25, -0.2) is 0 Å². The van der Waals surface area contributed by atoms with Crippen LogP contribution in [0, 0.1) is 18.3 Å². The number of aromatic nitrogens is 1. The molecule has 0 amide bonds. The van der Waals surface area contributed by atoms with E-state index in [-0.39, 0.29) is 0 Å². The van der Waals surface area contributed by atoms with Gasteiger partial charge in [0, 0.05) is 31.8 Å². The molecule has 2 aromatic carbocycles. The highest BCUT2D eigenvalue weighted by atomic mass is 16.5. The van der Waals surface area contributed by atoms with Gasteiger partial charge in [-0.3, -0.25) is 0 Å². The van der Waals surface area contributed by atoms with Crippen molar-refractivity contribution in [2.75, 3.05) is 20.3 Å². The molecule has 1 unspecified atom stereocenters. The summed E-state index contributed by atoms with van der Waals surface area (Å²) < 4.78 is 7.59. The van der Waals surface area contributed by atoms with E-state index in [0.717, 1.165) is 50.3 Å². The smallest absolute Gasteiger partial charge is 0.118 e. The van der Waals surface area contributed by atoms with E-state index in [1.165, 1.54) is 21.7 Å². The summed E-state index contributed by atoms with van der Waals surface area (Å²) in [7, 11) is 1.75. The third-order valence-electron chi connectivity index (χ3n) is 5.29. The van der Waals surface area contributed by atoms with E-state index in [0.29, 0.717) is 0 Å². The lowest BCUT2D eigenvalue weighted by Gasteiger charge is -2.21. The fourth-order valence-corrected chi connectivity index (χ4v) is 3.67. The molecule has 1 aromatic heterocycles. The lowest BCUT2D eigenvalue weighted by Crippen LogP contribution is -3.09. The van der Waals surface area contributed by atoms with Gasteiger partial charge in [-0.1, -0.05) is 48.0 Å². The number of rotatable bonds is 10. The van der Waals surface area contributed by atoms with Gasteiger partial charge in [-0.15, -0.1) is 0 Å². The number of benzene rings is 2. The van der Waals surface area contributed by atoms with E-state index >= 15 is 0 Å². The first-order valence-corrected chi connectivity index (χ1v) is 10.2. The first-order chi connectivity index (χ1) is 14.2. The fraction of sp³-hybridized carbons (Fsp3) is 0.320. The second kappa shape index (κ2) is 10.6. The maximum absolute atomic E-state index is 9.45. The molecule has 1 N–H and O–H groups in total. The van der Waals surface area contributed by atoms with E-state index in [1.807, 2.05) is 18.2 Å². The highest BCUT2D eigenvalue weighted by molar-refractivity contribution is 5.36. The van der Waals surface area contributed by atoms with Crippen molar-refractivity contribution in [3.05, 3.63) is 94.8 Å². The van der Waals surface area contributed by atoms with Crippen LogP contribution >= 0.6 is 0 Å². The summed E-state index contributed by atoms with van der Waals surface area (Å²) in [5, 5.41) is 9.45. The summed E-state index contributed by atoms with van der Waals surface area (Å²) in [6, 6.07) is 23.3. The quantitative estimate of drug-likeness (QED) is 0.541. The van der Waals surface area contributed by atoms with E-state index < -0.39 is 0 Å². The number of hydrogen-bond acceptors (Lipinski definition) is 2. The highest BCUT2D eigenvalue weighted by Gasteiger charge is 2.15. The molecule has 0 saturated heterocycles. The largest absolute Gasteiger partial charge is 0.384 e. The summed E-state index contributed by atoms with van der Waals surface area (Å²) >= 11 is 0. The predicted octanol–water partition coefficient (Wildman–Crippen LogP) is 3.34. The Kier molecular flexibility index (Phi) is 7.63. The van der Waals surface area contributed by atoms with Gasteiger partial charge in [0.2, 0.25) is 0 Å². The molecular weight excluding hydrogens is 358 g/mol. The van der Waals surface area contributed by atoms with Crippen LogP contribution in [-0.2, 0) is 24.4 Å². The maximum Gasteiger partial charge on any atom is 0.118 e. The minimum Gasteiger partial charge on any atom is -0.384 e. The zero-order chi connectivity index (χ0) is 20.5. The van der Waals surface area contributed by atoms with Gasteiger partial charge in [0.15, 0.2) is 0 Å². The van der Waals surface area contributed by atoms with Crippen molar-refractivity contribution in [2.45, 2.75) is 33.0 Å². The summed E-state index contributed by atoms with van der Waals surface area (Å²) in [6.45, 7) is 6.51. The average molecular weight is 389 g/mol. The Balaban J connectivity index is 1.74. The molecule has 3 aromatic rings. The molecule has 4 nitrogen and oxygen atoms in total. The van der Waals surface area contributed by atoms with Gasteiger partial charge in [0.05, 0.1) is 30.5 Å². The number of hydrogen-bond donors (Lipinski definition) is 1. The molecule has 0 saturated carbocycles. The SMILES string of the molecule is COCCC[NH+](Cc1ccccc1C#N)Cc1cccn1Cc1ccc(C)cc1. The molecule has 0 bridgehead atoms. The summed E-state index contributed by atoms with van der Waals surface area (Å²) in [5.41, 5.74) is 5.79. The Morgan fingerprint density at radius 3 is 2.55 bits per heavy atom. The van der Waals surface area contributed by atoms with Crippen LogP contribution in [0.1, 0.15) is 34.4 Å². The van der Waals surface area contributed by atoms with Crippen LogP contribution in [0.15, 0.2) is 66.9 Å². The van der Waals surface area contributed by atoms with Crippen molar-refractivity contribution in [3.63, 3.8) is 0 Å². The number of nitriles is 1. The second-order valence-corrected chi connectivity index (χ2v) is 7.58. The molecule has 0 aliphatic rings. The minimum atomic E-state index is 0.758. The molecule has 1 heterocycles. The van der Waals surface area contributed by atoms with E-state index in [1.54, 1.807) is 7.11 Å². The molecule has 0 spiro atoms. The Labute approximate surface area is 174 Å². The standard InChI is InChI=1S/C25H29N3O/c1-21-10-12-22(13-11-21)18-28-15-5-9-25(28)20-27(14-6-16-29-2)19-24-8-4-3-7-23(24)17-26/h3-5,7-13,15H,6,14,16,18-20H2,1-2H3/p+1. The predicted molar refractivity (Wildman–Crippen MR) is 116 cm³/mol. The zero-order valence-electron chi connectivity index (χ0n) is 17.4. The van der Waals surface area contributed by atoms with Crippen LogP contribution in [-0.4, -0.2) is 24.8 Å². The van der Waals surface area contributed by atoms with Crippen molar-refractivity contribution < 1.29 is 9.64 Å². The molecule has 0 aliphatic heterocycles. The first-order valence-electron chi connectivity index (χ1n) is 10.2. The highest BCUT2D eigenvalue weighted by Crippen LogP contribution is 2.10. The molecule has 0 fully saturated rings. The molecule has 29 heavy (non-hydrogen) atoms. The number of aryl methyl sites for hydroxylation is 1. The van der Waals surface area contributed by atoms with Crippen molar-refractivity contribution in [2.24, 2.45) is 0 Å². The molecule has 4 heteroatoms. The summed E-state index contributed by atoms with van der Waals surface area (Å²) in [5.74, 6) is 0. The Morgan fingerprint density at radius 1 is 1.00 bits per heavy atom. The molecular formula is C25H30N3O+. The van der Waals surface area contributed by atoms with Gasteiger partial charge in [0.1, 0.15) is 13.1 Å². The van der Waals surface area contributed by atoms with E-state index in [9.17, 15) is 5.26 Å². The molecule has 1 atom stereocenters. The van der Waals surface area contributed by atoms with Crippen molar-refractivity contribution >= 4 is 0 Å². The van der Waals surface area contributed by atoms with Crippen LogP contribution in [0.4, 0.5) is 0 Å². The van der Waals surface area contributed by atoms with Crippen molar-refractivity contribution in [1.29, 1.82) is 5.26 Å². The normalized spacial score (nSPS) is 11.9. The van der Waals surface area contributed by atoms with Crippen LogP contribution in [0.2, 0.25) is 0 Å². The molecule has 0 radical (unpaired) electrons. The Morgan fingerprint density at radius 2 is 1.79 bits per heavy atom. The first kappa shape index (κ1) is 20.9. The topological polar surface area (TPSA) is 42.4 Å². The number of ether oxygens (including phenoxy) is 1. The van der Waals surface area contributed by atoms with Crippen LogP contribution in [0.5, 0.6) is 0 Å². The third-order valence-corrected chi connectivity index (χ3v) is 5.29. The average Bonchev–Trinajstić information content (AvgIpc) is 3.16. The number of quaternary nitrogens is 1. The molecule has 3 rings (SSSR count). The maximum atomic E-state index is 9.45. The van der Waals surface area contributed by atoms with E-state index in [2.05, 4.69) is 66.2 Å². The third kappa shape index (κ3) is 6.05. The van der Waals surface area contributed by atoms with Gasteiger partial charge >= 0.3 is 0 Å². The van der Waals surface area contributed by atoms with Crippen molar-refractivity contribution in [3.8, 4) is 6.07 Å². The van der Waals surface area contributed by atoms with Gasteiger partial charge in [0.25, 0.3) is 0 Å². The molecule has 150 valence electrons. The van der Waals surface area contributed by atoms with Gasteiger partial charge in [-0.2, -0.15) is 5.26 Å². The molecule has 0 aliphatic carbocycles. The zero-order valence-corrected chi connectivity index (χ0v) is 17.4. The van der Waals surface area contributed by atoms with Crippen LogP contribution in [0.3, 0.4) is 0 Å². The minimum absolute atomic E-state index is 0.758. The Hall–Kier alpha value is -2.87. The van der Waals surface area contributed by atoms with E-state index in [4.69, 9.17) is 4.74 Å². The summed E-state index contributed by atoms with van der Waals surface area (Å²) in [6.07, 6.45) is 3.16. The van der Waals surface area contributed by atoms with Gasteiger partial charge < -0.3 is 14.2 Å². The van der Waals surface area contributed by atoms with Crippen molar-refractivity contribution in [1.82, 2.24) is 4.57 Å². The lowest BCUT2D eigenvalue weighted by molar-refractivity contribution is -0.928. The van der Waals surface area contributed by atoms with Crippen LogP contribution in [0.25, 0.3) is 0 Å².